The SMILES string of the molecule is O=C(CC1CCc2ccccc21)N1CCN(c2ccc(F)cc2)CC1. The van der Waals surface area contributed by atoms with Crippen molar-refractivity contribution in [2.75, 3.05) is 31.1 Å². The van der Waals surface area contributed by atoms with E-state index in [2.05, 4.69) is 29.2 Å². The van der Waals surface area contributed by atoms with E-state index in [-0.39, 0.29) is 11.7 Å². The number of rotatable bonds is 3. The van der Waals surface area contributed by atoms with Crippen LogP contribution in [0.3, 0.4) is 0 Å². The van der Waals surface area contributed by atoms with Gasteiger partial charge in [0, 0.05) is 38.3 Å². The first kappa shape index (κ1) is 16.1. The summed E-state index contributed by atoms with van der Waals surface area (Å²) in [5.41, 5.74) is 3.79. The van der Waals surface area contributed by atoms with E-state index in [1.54, 1.807) is 0 Å². The minimum Gasteiger partial charge on any atom is -0.368 e. The Morgan fingerprint density at radius 1 is 1.00 bits per heavy atom. The Hall–Kier alpha value is -2.36. The van der Waals surface area contributed by atoms with Crippen LogP contribution in [-0.4, -0.2) is 37.0 Å². The minimum atomic E-state index is -0.214. The number of carbonyl (C=O) groups excluding carboxylic acids is 1. The number of piperazine rings is 1. The van der Waals surface area contributed by atoms with Crippen molar-refractivity contribution in [1.29, 1.82) is 0 Å². The van der Waals surface area contributed by atoms with Crippen molar-refractivity contribution in [1.82, 2.24) is 4.90 Å². The lowest BCUT2D eigenvalue weighted by molar-refractivity contribution is -0.131. The van der Waals surface area contributed by atoms with Crippen LogP contribution < -0.4 is 4.90 Å². The van der Waals surface area contributed by atoms with Gasteiger partial charge in [0.1, 0.15) is 5.82 Å². The average Bonchev–Trinajstić information content (AvgIpc) is 3.06. The topological polar surface area (TPSA) is 23.6 Å². The fraction of sp³-hybridized carbons (Fsp3) is 0.381. The third-order valence-corrected chi connectivity index (χ3v) is 5.50. The van der Waals surface area contributed by atoms with E-state index in [4.69, 9.17) is 0 Å². The maximum atomic E-state index is 13.0. The predicted octanol–water partition coefficient (Wildman–Crippen LogP) is 3.59. The standard InChI is InChI=1S/C21H23FN2O/c22-18-7-9-19(10-8-18)23-11-13-24(14-12-23)21(25)15-17-6-5-16-3-1-2-4-20(16)17/h1-4,7-10,17H,5-6,11-15H2. The number of nitrogens with zero attached hydrogens (tertiary/aromatic N) is 2. The van der Waals surface area contributed by atoms with E-state index in [9.17, 15) is 9.18 Å². The zero-order valence-corrected chi connectivity index (χ0v) is 14.3. The molecule has 130 valence electrons. The Balaban J connectivity index is 1.33. The van der Waals surface area contributed by atoms with Crippen molar-refractivity contribution < 1.29 is 9.18 Å². The lowest BCUT2D eigenvalue weighted by Crippen LogP contribution is -2.49. The quantitative estimate of drug-likeness (QED) is 0.854. The number of benzene rings is 2. The summed E-state index contributed by atoms with van der Waals surface area (Å²) in [5.74, 6) is 0.425. The second-order valence-electron chi connectivity index (χ2n) is 6.98. The number of hydrogen-bond donors (Lipinski definition) is 0. The molecule has 0 radical (unpaired) electrons. The molecule has 2 aliphatic rings. The highest BCUT2D eigenvalue weighted by atomic mass is 19.1. The molecule has 0 aromatic heterocycles. The van der Waals surface area contributed by atoms with Gasteiger partial charge in [-0.1, -0.05) is 24.3 Å². The molecular formula is C21H23FN2O. The van der Waals surface area contributed by atoms with Crippen LogP contribution in [0.4, 0.5) is 10.1 Å². The summed E-state index contributed by atoms with van der Waals surface area (Å²) in [4.78, 5) is 16.9. The molecule has 1 saturated heterocycles. The molecule has 0 bridgehead atoms. The van der Waals surface area contributed by atoms with E-state index in [0.29, 0.717) is 12.3 Å². The molecule has 4 rings (SSSR count). The second-order valence-corrected chi connectivity index (χ2v) is 6.98. The first-order valence-corrected chi connectivity index (χ1v) is 9.07. The molecule has 1 heterocycles. The molecule has 2 aromatic rings. The number of aryl methyl sites for hydroxylation is 1. The number of anilines is 1. The van der Waals surface area contributed by atoms with Gasteiger partial charge < -0.3 is 9.80 Å². The maximum Gasteiger partial charge on any atom is 0.223 e. The fourth-order valence-electron chi connectivity index (χ4n) is 4.06. The second kappa shape index (κ2) is 6.87. The fourth-order valence-corrected chi connectivity index (χ4v) is 4.06. The van der Waals surface area contributed by atoms with Gasteiger partial charge in [0.05, 0.1) is 0 Å². The van der Waals surface area contributed by atoms with Crippen molar-refractivity contribution in [3.8, 4) is 0 Å². The molecule has 4 heteroatoms. The van der Waals surface area contributed by atoms with Crippen molar-refractivity contribution in [2.24, 2.45) is 0 Å². The highest BCUT2D eigenvalue weighted by Gasteiger charge is 2.28. The minimum absolute atomic E-state index is 0.214. The van der Waals surface area contributed by atoms with Crippen LogP contribution in [0.1, 0.15) is 29.9 Å². The van der Waals surface area contributed by atoms with Crippen molar-refractivity contribution in [2.45, 2.75) is 25.2 Å². The summed E-state index contributed by atoms with van der Waals surface area (Å²) < 4.78 is 13.0. The molecule has 1 aliphatic heterocycles. The molecule has 1 aliphatic carbocycles. The smallest absolute Gasteiger partial charge is 0.223 e. The molecule has 3 nitrogen and oxygen atoms in total. The number of fused-ring (bicyclic) bond motifs is 1. The molecule has 1 atom stereocenters. The Morgan fingerprint density at radius 2 is 1.72 bits per heavy atom. The van der Waals surface area contributed by atoms with E-state index < -0.39 is 0 Å². The molecule has 1 unspecified atom stereocenters. The Bertz CT molecular complexity index is 751. The summed E-state index contributed by atoms with van der Waals surface area (Å²) in [6, 6.07) is 15.1. The number of hydrogen-bond acceptors (Lipinski definition) is 2. The van der Waals surface area contributed by atoms with Gasteiger partial charge >= 0.3 is 0 Å². The summed E-state index contributed by atoms with van der Waals surface area (Å²) in [6.07, 6.45) is 2.79. The molecule has 1 amide bonds. The normalized spacial score (nSPS) is 19.8. The van der Waals surface area contributed by atoms with Gasteiger partial charge in [-0.3, -0.25) is 4.79 Å². The van der Waals surface area contributed by atoms with Crippen LogP contribution in [0.2, 0.25) is 0 Å². The molecule has 0 spiro atoms. The van der Waals surface area contributed by atoms with Gasteiger partial charge in [0.2, 0.25) is 5.91 Å². The van der Waals surface area contributed by atoms with Crippen LogP contribution in [0, 0.1) is 5.82 Å². The van der Waals surface area contributed by atoms with Crippen LogP contribution in [0.15, 0.2) is 48.5 Å². The van der Waals surface area contributed by atoms with Crippen LogP contribution in [0.25, 0.3) is 0 Å². The van der Waals surface area contributed by atoms with Crippen molar-refractivity contribution in [3.63, 3.8) is 0 Å². The van der Waals surface area contributed by atoms with Gasteiger partial charge in [-0.25, -0.2) is 4.39 Å². The predicted molar refractivity (Wildman–Crippen MR) is 97.3 cm³/mol. The van der Waals surface area contributed by atoms with Crippen molar-refractivity contribution in [3.05, 3.63) is 65.5 Å². The lowest BCUT2D eigenvalue weighted by atomic mass is 9.97. The van der Waals surface area contributed by atoms with Gasteiger partial charge in [-0.05, 0) is 54.2 Å². The molecule has 25 heavy (non-hydrogen) atoms. The monoisotopic (exact) mass is 338 g/mol. The van der Waals surface area contributed by atoms with Gasteiger partial charge in [-0.15, -0.1) is 0 Å². The zero-order chi connectivity index (χ0) is 17.2. The molecule has 0 N–H and O–H groups in total. The first-order chi connectivity index (χ1) is 12.2. The molecular weight excluding hydrogens is 315 g/mol. The Kier molecular flexibility index (Phi) is 4.43. The van der Waals surface area contributed by atoms with E-state index in [1.165, 1.54) is 23.3 Å². The van der Waals surface area contributed by atoms with E-state index in [0.717, 1.165) is 44.7 Å². The number of carbonyl (C=O) groups is 1. The Morgan fingerprint density at radius 3 is 2.48 bits per heavy atom. The van der Waals surface area contributed by atoms with Gasteiger partial charge in [0.15, 0.2) is 0 Å². The van der Waals surface area contributed by atoms with Crippen LogP contribution in [0.5, 0.6) is 0 Å². The highest BCUT2D eigenvalue weighted by Crippen LogP contribution is 2.35. The summed E-state index contributed by atoms with van der Waals surface area (Å²) in [6.45, 7) is 3.09. The van der Waals surface area contributed by atoms with Gasteiger partial charge in [0.25, 0.3) is 0 Å². The lowest BCUT2D eigenvalue weighted by Gasteiger charge is -2.36. The third-order valence-electron chi connectivity index (χ3n) is 5.50. The third kappa shape index (κ3) is 3.39. The van der Waals surface area contributed by atoms with Gasteiger partial charge in [-0.2, -0.15) is 0 Å². The highest BCUT2D eigenvalue weighted by molar-refractivity contribution is 5.77. The zero-order valence-electron chi connectivity index (χ0n) is 14.3. The molecule has 1 fully saturated rings. The first-order valence-electron chi connectivity index (χ1n) is 9.07. The van der Waals surface area contributed by atoms with Crippen LogP contribution >= 0.6 is 0 Å². The Labute approximate surface area is 148 Å². The van der Waals surface area contributed by atoms with E-state index in [1.807, 2.05) is 17.0 Å². The van der Waals surface area contributed by atoms with E-state index >= 15 is 0 Å². The summed E-state index contributed by atoms with van der Waals surface area (Å²) >= 11 is 0. The largest absolute Gasteiger partial charge is 0.368 e. The number of amides is 1. The summed E-state index contributed by atoms with van der Waals surface area (Å²) in [7, 11) is 0. The maximum absolute atomic E-state index is 13.0. The van der Waals surface area contributed by atoms with Crippen LogP contribution in [-0.2, 0) is 11.2 Å². The number of halogens is 1. The molecule has 2 aromatic carbocycles. The van der Waals surface area contributed by atoms with Crippen molar-refractivity contribution >= 4 is 11.6 Å². The molecule has 0 saturated carbocycles. The average molecular weight is 338 g/mol. The summed E-state index contributed by atoms with van der Waals surface area (Å²) in [5, 5.41) is 0.